The molecule has 0 radical (unpaired) electrons. The first-order valence-electron chi connectivity index (χ1n) is 5.35. The van der Waals surface area contributed by atoms with Crippen LogP contribution in [-0.4, -0.2) is 24.4 Å². The molecule has 3 heteroatoms. The minimum Gasteiger partial charge on any atom is -0.377 e. The van der Waals surface area contributed by atoms with Crippen molar-refractivity contribution in [1.29, 1.82) is 0 Å². The first kappa shape index (κ1) is 11.0. The molecule has 0 bridgehead atoms. The number of nitrogens with one attached hydrogen (secondary N) is 1. The fraction of sp³-hybridized carbons (Fsp3) is 1.00. The quantitative estimate of drug-likeness (QED) is 0.570. The Balaban J connectivity index is 2.27. The van der Waals surface area contributed by atoms with E-state index in [-0.39, 0.29) is 6.04 Å². The molecule has 2 atom stereocenters. The largest absolute Gasteiger partial charge is 0.377 e. The number of hydrogen-bond donors (Lipinski definition) is 3. The molecule has 0 heterocycles. The Morgan fingerprint density at radius 1 is 1.38 bits per heavy atom. The van der Waals surface area contributed by atoms with Crippen LogP contribution in [0.25, 0.3) is 0 Å². The van der Waals surface area contributed by atoms with Gasteiger partial charge in [0.25, 0.3) is 0 Å². The summed E-state index contributed by atoms with van der Waals surface area (Å²) in [4.78, 5) is 0. The van der Waals surface area contributed by atoms with Gasteiger partial charge in [0.2, 0.25) is 0 Å². The first-order valence-corrected chi connectivity index (χ1v) is 5.35. The summed E-state index contributed by atoms with van der Waals surface area (Å²) in [5.74, 6) is 0.768. The van der Waals surface area contributed by atoms with Crippen LogP contribution in [0.4, 0.5) is 0 Å². The Morgan fingerprint density at radius 3 is 2.46 bits per heavy atom. The molecule has 78 valence electrons. The van der Waals surface area contributed by atoms with E-state index in [9.17, 15) is 5.11 Å². The predicted octanol–water partition coefficient (Wildman–Crippen LogP) is 0.822. The maximum absolute atomic E-state index is 9.26. The van der Waals surface area contributed by atoms with Gasteiger partial charge in [-0.1, -0.05) is 32.1 Å². The second-order valence-corrected chi connectivity index (χ2v) is 4.13. The lowest BCUT2D eigenvalue weighted by Crippen LogP contribution is -2.44. The molecule has 0 aromatic rings. The molecule has 0 saturated heterocycles. The summed E-state index contributed by atoms with van der Waals surface area (Å²) in [5, 5.41) is 12.3. The summed E-state index contributed by atoms with van der Waals surface area (Å²) in [5.41, 5.74) is 5.46. The van der Waals surface area contributed by atoms with Gasteiger partial charge in [0, 0.05) is 6.04 Å². The molecule has 1 rings (SSSR count). The number of aliphatic hydroxyl groups excluding tert-OH is 1. The van der Waals surface area contributed by atoms with E-state index in [2.05, 4.69) is 5.32 Å². The van der Waals surface area contributed by atoms with Crippen LogP contribution < -0.4 is 11.1 Å². The highest BCUT2D eigenvalue weighted by molar-refractivity contribution is 4.76. The molecule has 1 saturated carbocycles. The molecule has 0 amide bonds. The van der Waals surface area contributed by atoms with Crippen LogP contribution in [0.3, 0.4) is 0 Å². The molecule has 1 fully saturated rings. The number of nitrogens with two attached hydrogens (primary N) is 1. The third-order valence-corrected chi connectivity index (χ3v) is 3.10. The minimum atomic E-state index is -0.716. The maximum Gasteiger partial charge on any atom is 0.117 e. The normalized spacial score (nSPS) is 24.2. The Bertz CT molecular complexity index is 133. The standard InChI is InChI=1S/C10H22N2O/c1-12-9(10(11)13)7-8-5-3-2-4-6-8/h8-10,12-13H,2-7,11H2,1H3. The van der Waals surface area contributed by atoms with Crippen molar-refractivity contribution in [1.82, 2.24) is 5.32 Å². The molecular formula is C10H22N2O. The van der Waals surface area contributed by atoms with Crippen molar-refractivity contribution in [3.05, 3.63) is 0 Å². The van der Waals surface area contributed by atoms with E-state index >= 15 is 0 Å². The lowest BCUT2D eigenvalue weighted by atomic mass is 9.84. The summed E-state index contributed by atoms with van der Waals surface area (Å²) < 4.78 is 0. The molecular weight excluding hydrogens is 164 g/mol. The number of rotatable bonds is 4. The van der Waals surface area contributed by atoms with Crippen LogP contribution in [-0.2, 0) is 0 Å². The maximum atomic E-state index is 9.26. The number of likely N-dealkylation sites (N-methyl/N-ethyl adjacent to an activating group) is 1. The molecule has 0 aromatic heterocycles. The molecule has 0 spiro atoms. The number of aliphatic hydroxyl groups is 1. The average Bonchev–Trinajstić information content (AvgIpc) is 2.15. The molecule has 2 unspecified atom stereocenters. The molecule has 3 nitrogen and oxygen atoms in total. The Hall–Kier alpha value is -0.120. The van der Waals surface area contributed by atoms with Gasteiger partial charge in [-0.05, 0) is 19.4 Å². The van der Waals surface area contributed by atoms with Gasteiger partial charge in [0.1, 0.15) is 6.23 Å². The predicted molar refractivity (Wildman–Crippen MR) is 54.2 cm³/mol. The molecule has 0 aliphatic heterocycles. The van der Waals surface area contributed by atoms with Crippen LogP contribution in [0.15, 0.2) is 0 Å². The van der Waals surface area contributed by atoms with E-state index in [1.54, 1.807) is 0 Å². The first-order chi connectivity index (χ1) is 6.24. The van der Waals surface area contributed by atoms with E-state index in [0.29, 0.717) is 0 Å². The summed E-state index contributed by atoms with van der Waals surface area (Å²) in [7, 11) is 1.86. The van der Waals surface area contributed by atoms with E-state index in [4.69, 9.17) is 5.73 Å². The van der Waals surface area contributed by atoms with Crippen LogP contribution in [0.1, 0.15) is 38.5 Å². The second kappa shape index (κ2) is 5.58. The van der Waals surface area contributed by atoms with Crippen molar-refractivity contribution >= 4 is 0 Å². The van der Waals surface area contributed by atoms with Crippen LogP contribution in [0, 0.1) is 5.92 Å². The summed E-state index contributed by atoms with van der Waals surface area (Å²) in [6.07, 6.45) is 7.01. The van der Waals surface area contributed by atoms with Crippen molar-refractivity contribution in [3.8, 4) is 0 Å². The van der Waals surface area contributed by atoms with Crippen LogP contribution in [0.5, 0.6) is 0 Å². The molecule has 13 heavy (non-hydrogen) atoms. The smallest absolute Gasteiger partial charge is 0.117 e. The van der Waals surface area contributed by atoms with Crippen molar-refractivity contribution in [3.63, 3.8) is 0 Å². The Morgan fingerprint density at radius 2 is 2.00 bits per heavy atom. The molecule has 0 aromatic carbocycles. The van der Waals surface area contributed by atoms with E-state index < -0.39 is 6.23 Å². The summed E-state index contributed by atoms with van der Waals surface area (Å²) in [6, 6.07) is 0.0723. The highest BCUT2D eigenvalue weighted by atomic mass is 16.3. The highest BCUT2D eigenvalue weighted by Gasteiger charge is 2.20. The second-order valence-electron chi connectivity index (χ2n) is 4.13. The van der Waals surface area contributed by atoms with Gasteiger partial charge in [-0.15, -0.1) is 0 Å². The van der Waals surface area contributed by atoms with Crippen LogP contribution in [0.2, 0.25) is 0 Å². The minimum absolute atomic E-state index is 0.0723. The molecule has 1 aliphatic carbocycles. The summed E-state index contributed by atoms with van der Waals surface area (Å²) in [6.45, 7) is 0. The monoisotopic (exact) mass is 186 g/mol. The Kier molecular flexibility index (Phi) is 4.70. The lowest BCUT2D eigenvalue weighted by Gasteiger charge is -2.27. The SMILES string of the molecule is CNC(CC1CCCCC1)C(N)O. The van der Waals surface area contributed by atoms with E-state index in [1.165, 1.54) is 32.1 Å². The third kappa shape index (κ3) is 3.63. The van der Waals surface area contributed by atoms with Gasteiger partial charge in [-0.25, -0.2) is 0 Å². The van der Waals surface area contributed by atoms with Crippen molar-refractivity contribution in [2.24, 2.45) is 11.7 Å². The zero-order valence-corrected chi connectivity index (χ0v) is 8.50. The fourth-order valence-corrected chi connectivity index (χ4v) is 2.21. The van der Waals surface area contributed by atoms with E-state index in [0.717, 1.165) is 12.3 Å². The zero-order chi connectivity index (χ0) is 9.68. The van der Waals surface area contributed by atoms with Gasteiger partial charge in [0.05, 0.1) is 0 Å². The Labute approximate surface area is 80.7 Å². The van der Waals surface area contributed by atoms with E-state index in [1.807, 2.05) is 7.05 Å². The van der Waals surface area contributed by atoms with Gasteiger partial charge in [-0.3, -0.25) is 0 Å². The average molecular weight is 186 g/mol. The van der Waals surface area contributed by atoms with Crippen molar-refractivity contribution < 1.29 is 5.11 Å². The summed E-state index contributed by atoms with van der Waals surface area (Å²) >= 11 is 0. The van der Waals surface area contributed by atoms with Crippen molar-refractivity contribution in [2.75, 3.05) is 7.05 Å². The molecule has 4 N–H and O–H groups in total. The van der Waals surface area contributed by atoms with Gasteiger partial charge in [-0.2, -0.15) is 0 Å². The fourth-order valence-electron chi connectivity index (χ4n) is 2.21. The van der Waals surface area contributed by atoms with Crippen LogP contribution >= 0.6 is 0 Å². The number of hydrogen-bond acceptors (Lipinski definition) is 3. The van der Waals surface area contributed by atoms with Crippen molar-refractivity contribution in [2.45, 2.75) is 50.8 Å². The van der Waals surface area contributed by atoms with Gasteiger partial charge >= 0.3 is 0 Å². The topological polar surface area (TPSA) is 58.3 Å². The lowest BCUT2D eigenvalue weighted by molar-refractivity contribution is 0.118. The molecule has 1 aliphatic rings. The van der Waals surface area contributed by atoms with Gasteiger partial charge < -0.3 is 16.2 Å². The third-order valence-electron chi connectivity index (χ3n) is 3.10. The van der Waals surface area contributed by atoms with Gasteiger partial charge in [0.15, 0.2) is 0 Å². The highest BCUT2D eigenvalue weighted by Crippen LogP contribution is 2.27. The zero-order valence-electron chi connectivity index (χ0n) is 8.50.